The van der Waals surface area contributed by atoms with Gasteiger partial charge in [-0.1, -0.05) is 6.92 Å². The Balaban J connectivity index is 2.49. The van der Waals surface area contributed by atoms with Crippen LogP contribution in [-0.2, 0) is 9.53 Å². The second kappa shape index (κ2) is 4.54. The van der Waals surface area contributed by atoms with Crippen LogP contribution in [0.2, 0.25) is 0 Å². The highest BCUT2D eigenvalue weighted by molar-refractivity contribution is 5.94. The van der Waals surface area contributed by atoms with E-state index in [9.17, 15) is 22.8 Å². The van der Waals surface area contributed by atoms with Crippen LogP contribution in [0, 0.1) is 0 Å². The standard InChI is InChI=1S/C10H14F3NO3/c1-3-7(15)9(4-5-9)14-8(16)17-6(2)10(11,12)13/h6H,3-5H2,1-2H3,(H,14,16)/t6-/m1/s1. The summed E-state index contributed by atoms with van der Waals surface area (Å²) in [6, 6.07) is 0. The molecular formula is C10H14F3NO3. The summed E-state index contributed by atoms with van der Waals surface area (Å²) in [5.41, 5.74) is -0.989. The highest BCUT2D eigenvalue weighted by Gasteiger charge is 2.51. The van der Waals surface area contributed by atoms with Crippen molar-refractivity contribution in [2.45, 2.75) is 50.9 Å². The number of rotatable bonds is 4. The third-order valence-corrected chi connectivity index (χ3v) is 2.69. The molecule has 0 spiro atoms. The Morgan fingerprint density at radius 2 is 1.94 bits per heavy atom. The van der Waals surface area contributed by atoms with E-state index in [-0.39, 0.29) is 12.2 Å². The number of carbonyl (C=O) groups excluding carboxylic acids is 2. The first-order chi connectivity index (χ1) is 7.71. The number of halogens is 3. The summed E-state index contributed by atoms with van der Waals surface area (Å²) < 4.78 is 40.5. The SMILES string of the molecule is CCC(=O)C1(NC(=O)O[C@H](C)C(F)(F)F)CC1. The predicted molar refractivity (Wildman–Crippen MR) is 52.4 cm³/mol. The highest BCUT2D eigenvalue weighted by Crippen LogP contribution is 2.37. The van der Waals surface area contributed by atoms with Crippen molar-refractivity contribution in [3.8, 4) is 0 Å². The number of carbonyl (C=O) groups is 2. The van der Waals surface area contributed by atoms with Gasteiger partial charge in [-0.15, -0.1) is 0 Å². The van der Waals surface area contributed by atoms with Crippen LogP contribution in [0.15, 0.2) is 0 Å². The van der Waals surface area contributed by atoms with Crippen molar-refractivity contribution in [2.75, 3.05) is 0 Å². The number of Topliss-reactive ketones (excluding diaryl/α,β-unsaturated/α-hetero) is 1. The normalized spacial score (nSPS) is 19.4. The number of alkyl halides is 3. The minimum absolute atomic E-state index is 0.186. The Kier molecular flexibility index (Phi) is 3.68. The molecule has 0 aliphatic heterocycles. The molecule has 0 heterocycles. The molecule has 1 rings (SSSR count). The van der Waals surface area contributed by atoms with Crippen LogP contribution in [0.25, 0.3) is 0 Å². The first kappa shape index (κ1) is 13.8. The molecule has 1 saturated carbocycles. The van der Waals surface area contributed by atoms with E-state index < -0.39 is 23.9 Å². The van der Waals surface area contributed by atoms with Gasteiger partial charge in [-0.25, -0.2) is 4.79 Å². The number of nitrogens with one attached hydrogen (secondary N) is 1. The summed E-state index contributed by atoms with van der Waals surface area (Å²) in [6.45, 7) is 2.37. The number of ether oxygens (including phenoxy) is 1. The van der Waals surface area contributed by atoms with E-state index in [2.05, 4.69) is 10.1 Å². The molecular weight excluding hydrogens is 239 g/mol. The third-order valence-electron chi connectivity index (χ3n) is 2.69. The molecule has 1 aliphatic rings. The fourth-order valence-corrected chi connectivity index (χ4v) is 1.39. The summed E-state index contributed by atoms with van der Waals surface area (Å²) in [5, 5.41) is 2.21. The largest absolute Gasteiger partial charge is 0.437 e. The van der Waals surface area contributed by atoms with Crippen molar-refractivity contribution in [3.63, 3.8) is 0 Å². The van der Waals surface area contributed by atoms with Gasteiger partial charge in [0.2, 0.25) is 0 Å². The lowest BCUT2D eigenvalue weighted by Gasteiger charge is -2.19. The summed E-state index contributed by atoms with van der Waals surface area (Å²) in [6.07, 6.45) is -6.84. The van der Waals surface area contributed by atoms with Crippen LogP contribution in [-0.4, -0.2) is 29.7 Å². The molecule has 98 valence electrons. The average Bonchev–Trinajstić information content (AvgIpc) is 2.96. The lowest BCUT2D eigenvalue weighted by molar-refractivity contribution is -0.197. The van der Waals surface area contributed by atoms with Gasteiger partial charge in [-0.3, -0.25) is 4.79 Å². The van der Waals surface area contributed by atoms with Crippen molar-refractivity contribution >= 4 is 11.9 Å². The maximum Gasteiger partial charge on any atom is 0.425 e. The Morgan fingerprint density at radius 3 is 2.29 bits per heavy atom. The molecule has 0 radical (unpaired) electrons. The number of alkyl carbamates (subject to hydrolysis) is 1. The number of hydrogen-bond donors (Lipinski definition) is 1. The van der Waals surface area contributed by atoms with Gasteiger partial charge >= 0.3 is 12.3 Å². The van der Waals surface area contributed by atoms with Crippen molar-refractivity contribution in [1.29, 1.82) is 0 Å². The Labute approximate surface area is 96.5 Å². The molecule has 0 aromatic carbocycles. The van der Waals surface area contributed by atoms with Crippen LogP contribution in [0.4, 0.5) is 18.0 Å². The lowest BCUT2D eigenvalue weighted by atomic mass is 10.1. The molecule has 0 aromatic rings. The molecule has 0 bridgehead atoms. The molecule has 0 aromatic heterocycles. The van der Waals surface area contributed by atoms with E-state index in [0.717, 1.165) is 6.92 Å². The number of hydrogen-bond acceptors (Lipinski definition) is 3. The minimum atomic E-state index is -4.59. The van der Waals surface area contributed by atoms with Crippen LogP contribution in [0.1, 0.15) is 33.1 Å². The van der Waals surface area contributed by atoms with E-state index in [0.29, 0.717) is 12.8 Å². The van der Waals surface area contributed by atoms with Gasteiger partial charge in [-0.05, 0) is 19.8 Å². The molecule has 1 fully saturated rings. The zero-order chi connectivity index (χ0) is 13.3. The van der Waals surface area contributed by atoms with Crippen molar-refractivity contribution in [3.05, 3.63) is 0 Å². The summed E-state index contributed by atoms with van der Waals surface area (Å²) in [5.74, 6) is -0.186. The summed E-state index contributed by atoms with van der Waals surface area (Å²) >= 11 is 0. The first-order valence-electron chi connectivity index (χ1n) is 5.30. The molecule has 1 atom stereocenters. The molecule has 0 unspecified atom stereocenters. The molecule has 0 saturated heterocycles. The Morgan fingerprint density at radius 1 is 1.41 bits per heavy atom. The second-order valence-electron chi connectivity index (χ2n) is 4.07. The van der Waals surface area contributed by atoms with Gasteiger partial charge < -0.3 is 10.1 Å². The first-order valence-corrected chi connectivity index (χ1v) is 5.30. The quantitative estimate of drug-likeness (QED) is 0.835. The number of amides is 1. The zero-order valence-corrected chi connectivity index (χ0v) is 9.56. The molecule has 4 nitrogen and oxygen atoms in total. The molecule has 1 aliphatic carbocycles. The number of ketones is 1. The van der Waals surface area contributed by atoms with E-state index in [1.54, 1.807) is 6.92 Å². The predicted octanol–water partition coefficient (Wildman–Crippen LogP) is 2.18. The fourth-order valence-electron chi connectivity index (χ4n) is 1.39. The lowest BCUT2D eigenvalue weighted by Crippen LogP contribution is -2.45. The van der Waals surface area contributed by atoms with Crippen LogP contribution in [0.5, 0.6) is 0 Å². The molecule has 1 N–H and O–H groups in total. The highest BCUT2D eigenvalue weighted by atomic mass is 19.4. The van der Waals surface area contributed by atoms with Crippen molar-refractivity contribution in [1.82, 2.24) is 5.32 Å². The van der Waals surface area contributed by atoms with Gasteiger partial charge in [0.1, 0.15) is 5.54 Å². The van der Waals surface area contributed by atoms with Gasteiger partial charge in [-0.2, -0.15) is 13.2 Å². The molecule has 7 heteroatoms. The van der Waals surface area contributed by atoms with Crippen molar-refractivity contribution in [2.24, 2.45) is 0 Å². The third kappa shape index (κ3) is 3.34. The van der Waals surface area contributed by atoms with Crippen LogP contribution >= 0.6 is 0 Å². The van der Waals surface area contributed by atoms with Crippen LogP contribution in [0.3, 0.4) is 0 Å². The second-order valence-corrected chi connectivity index (χ2v) is 4.07. The summed E-state index contributed by atoms with van der Waals surface area (Å²) in [7, 11) is 0. The Hall–Kier alpha value is -1.27. The van der Waals surface area contributed by atoms with E-state index in [1.807, 2.05) is 0 Å². The topological polar surface area (TPSA) is 55.4 Å². The zero-order valence-electron chi connectivity index (χ0n) is 9.56. The summed E-state index contributed by atoms with van der Waals surface area (Å²) in [4.78, 5) is 22.6. The van der Waals surface area contributed by atoms with Gasteiger partial charge in [0, 0.05) is 6.42 Å². The van der Waals surface area contributed by atoms with Gasteiger partial charge in [0.15, 0.2) is 11.9 Å². The van der Waals surface area contributed by atoms with E-state index in [4.69, 9.17) is 0 Å². The Bertz CT molecular complexity index is 323. The van der Waals surface area contributed by atoms with Crippen molar-refractivity contribution < 1.29 is 27.5 Å². The van der Waals surface area contributed by atoms with Gasteiger partial charge in [0.05, 0.1) is 0 Å². The van der Waals surface area contributed by atoms with E-state index >= 15 is 0 Å². The van der Waals surface area contributed by atoms with Crippen LogP contribution < -0.4 is 5.32 Å². The minimum Gasteiger partial charge on any atom is -0.437 e. The molecule has 17 heavy (non-hydrogen) atoms. The fraction of sp³-hybridized carbons (Fsp3) is 0.800. The maximum absolute atomic E-state index is 12.1. The maximum atomic E-state index is 12.1. The van der Waals surface area contributed by atoms with Gasteiger partial charge in [0.25, 0.3) is 0 Å². The average molecular weight is 253 g/mol. The van der Waals surface area contributed by atoms with E-state index in [1.165, 1.54) is 0 Å². The molecule has 1 amide bonds. The monoisotopic (exact) mass is 253 g/mol. The smallest absolute Gasteiger partial charge is 0.425 e.